The molecule has 1 atom stereocenters. The first-order chi connectivity index (χ1) is 9.55. The maximum absolute atomic E-state index is 3.67. The van der Waals surface area contributed by atoms with Crippen LogP contribution in [-0.4, -0.2) is 6.54 Å². The lowest BCUT2D eigenvalue weighted by Gasteiger charge is -2.36. The van der Waals surface area contributed by atoms with E-state index in [1.54, 1.807) is 11.1 Å². The fourth-order valence-corrected chi connectivity index (χ4v) is 4.02. The Kier molecular flexibility index (Phi) is 3.90. The molecule has 110 valence electrons. The van der Waals surface area contributed by atoms with E-state index in [1.807, 2.05) is 0 Å². The number of hydrogen-bond donors (Lipinski definition) is 1. The Bertz CT molecular complexity index is 463. The van der Waals surface area contributed by atoms with Crippen LogP contribution < -0.4 is 5.32 Å². The van der Waals surface area contributed by atoms with E-state index in [0.29, 0.717) is 0 Å². The third kappa shape index (κ3) is 2.79. The molecule has 1 nitrogen and oxygen atoms in total. The van der Waals surface area contributed by atoms with Crippen molar-refractivity contribution in [1.29, 1.82) is 0 Å². The van der Waals surface area contributed by atoms with Crippen LogP contribution >= 0.6 is 0 Å². The Morgan fingerprint density at radius 2 is 1.80 bits per heavy atom. The van der Waals surface area contributed by atoms with Crippen LogP contribution in [-0.2, 0) is 12.0 Å². The summed E-state index contributed by atoms with van der Waals surface area (Å²) in [6.45, 7) is 9.17. The largest absolute Gasteiger partial charge is 0.312 e. The zero-order valence-corrected chi connectivity index (χ0v) is 13.3. The van der Waals surface area contributed by atoms with Gasteiger partial charge in [0.25, 0.3) is 0 Å². The molecule has 0 radical (unpaired) electrons. The molecule has 2 aliphatic rings. The summed E-state index contributed by atoms with van der Waals surface area (Å²) in [5.74, 6) is 1.67. The van der Waals surface area contributed by atoms with Crippen LogP contribution in [0.15, 0.2) is 18.2 Å². The van der Waals surface area contributed by atoms with E-state index >= 15 is 0 Å². The highest BCUT2D eigenvalue weighted by molar-refractivity contribution is 5.39. The zero-order chi connectivity index (χ0) is 14.2. The van der Waals surface area contributed by atoms with Gasteiger partial charge in [-0.25, -0.2) is 0 Å². The highest BCUT2D eigenvalue weighted by atomic mass is 14.9. The molecule has 1 aliphatic heterocycles. The van der Waals surface area contributed by atoms with Gasteiger partial charge in [0.05, 0.1) is 0 Å². The second-order valence-electron chi connectivity index (χ2n) is 7.80. The van der Waals surface area contributed by atoms with Crippen molar-refractivity contribution >= 4 is 0 Å². The third-order valence-corrected chi connectivity index (χ3v) is 5.31. The average molecular weight is 271 g/mol. The van der Waals surface area contributed by atoms with Crippen molar-refractivity contribution in [3.8, 4) is 0 Å². The van der Waals surface area contributed by atoms with E-state index in [0.717, 1.165) is 18.4 Å². The molecule has 0 saturated heterocycles. The van der Waals surface area contributed by atoms with Gasteiger partial charge in [0.1, 0.15) is 0 Å². The van der Waals surface area contributed by atoms with Crippen molar-refractivity contribution in [2.24, 2.45) is 5.92 Å². The average Bonchev–Trinajstić information content (AvgIpc) is 2.46. The minimum Gasteiger partial charge on any atom is -0.312 e. The maximum atomic E-state index is 3.67. The minimum atomic E-state index is 0.257. The maximum Gasteiger partial charge on any atom is 0.0208 e. The van der Waals surface area contributed by atoms with E-state index < -0.39 is 0 Å². The summed E-state index contributed by atoms with van der Waals surface area (Å²) in [5, 5.41) is 3.67. The predicted octanol–water partition coefficient (Wildman–Crippen LogP) is 4.75. The molecule has 1 saturated carbocycles. The first-order valence-corrected chi connectivity index (χ1v) is 8.40. The van der Waals surface area contributed by atoms with E-state index in [4.69, 9.17) is 0 Å². The molecule has 1 aromatic rings. The Labute approximate surface area is 124 Å². The summed E-state index contributed by atoms with van der Waals surface area (Å²) in [4.78, 5) is 0. The van der Waals surface area contributed by atoms with Crippen molar-refractivity contribution in [3.05, 3.63) is 34.9 Å². The van der Waals surface area contributed by atoms with Crippen LogP contribution in [0.5, 0.6) is 0 Å². The van der Waals surface area contributed by atoms with Gasteiger partial charge in [0.2, 0.25) is 0 Å². The second-order valence-corrected chi connectivity index (χ2v) is 7.80. The molecule has 1 aromatic carbocycles. The summed E-state index contributed by atoms with van der Waals surface area (Å²) in [6, 6.07) is 7.27. The molecule has 0 amide bonds. The van der Waals surface area contributed by atoms with Gasteiger partial charge in [0.15, 0.2) is 0 Å². The minimum absolute atomic E-state index is 0.257. The lowest BCUT2D eigenvalue weighted by Crippen LogP contribution is -2.33. The molecule has 0 spiro atoms. The second kappa shape index (κ2) is 5.52. The van der Waals surface area contributed by atoms with Crippen LogP contribution in [0, 0.1) is 5.92 Å². The van der Waals surface area contributed by atoms with Gasteiger partial charge in [-0.2, -0.15) is 0 Å². The molecule has 1 aliphatic carbocycles. The number of fused-ring (bicyclic) bond motifs is 1. The first-order valence-electron chi connectivity index (χ1n) is 8.40. The summed E-state index contributed by atoms with van der Waals surface area (Å²) < 4.78 is 0. The molecular formula is C19H29N. The van der Waals surface area contributed by atoms with Gasteiger partial charge in [-0.15, -0.1) is 0 Å². The normalized spacial score (nSPS) is 24.4. The highest BCUT2D eigenvalue weighted by Crippen LogP contribution is 2.39. The zero-order valence-electron chi connectivity index (χ0n) is 13.3. The van der Waals surface area contributed by atoms with E-state index in [2.05, 4.69) is 44.3 Å². The number of rotatable bonds is 1. The van der Waals surface area contributed by atoms with Crippen molar-refractivity contribution in [3.63, 3.8) is 0 Å². The topological polar surface area (TPSA) is 12.0 Å². The molecule has 1 N–H and O–H groups in total. The standard InChI is InChI=1S/C19H29N/c1-19(2,3)16-9-10-17-15(11-16)12-20-13-18(17)14-7-5-4-6-8-14/h9-11,14,18,20H,4-8,12-13H2,1-3H3. The Morgan fingerprint density at radius 1 is 1.05 bits per heavy atom. The Morgan fingerprint density at radius 3 is 2.50 bits per heavy atom. The fourth-order valence-electron chi connectivity index (χ4n) is 4.02. The molecule has 1 heteroatoms. The summed E-state index contributed by atoms with van der Waals surface area (Å²) in [5.41, 5.74) is 4.93. The smallest absolute Gasteiger partial charge is 0.0208 e. The SMILES string of the molecule is CC(C)(C)c1ccc2c(c1)CNCC2C1CCCCC1. The van der Waals surface area contributed by atoms with Crippen molar-refractivity contribution in [2.45, 2.75) is 70.8 Å². The van der Waals surface area contributed by atoms with Crippen molar-refractivity contribution in [2.75, 3.05) is 6.54 Å². The van der Waals surface area contributed by atoms with Crippen LogP contribution in [0.3, 0.4) is 0 Å². The fraction of sp³-hybridized carbons (Fsp3) is 0.684. The van der Waals surface area contributed by atoms with Crippen LogP contribution in [0.25, 0.3) is 0 Å². The van der Waals surface area contributed by atoms with Gasteiger partial charge >= 0.3 is 0 Å². The van der Waals surface area contributed by atoms with Crippen LogP contribution in [0.2, 0.25) is 0 Å². The van der Waals surface area contributed by atoms with Crippen molar-refractivity contribution < 1.29 is 0 Å². The molecule has 1 fully saturated rings. The lowest BCUT2D eigenvalue weighted by molar-refractivity contribution is 0.288. The van der Waals surface area contributed by atoms with Gasteiger partial charge in [-0.3, -0.25) is 0 Å². The quantitative estimate of drug-likeness (QED) is 0.777. The molecule has 1 unspecified atom stereocenters. The molecule has 3 rings (SSSR count). The number of nitrogens with one attached hydrogen (secondary N) is 1. The van der Waals surface area contributed by atoms with Gasteiger partial charge in [-0.1, -0.05) is 58.2 Å². The van der Waals surface area contributed by atoms with Crippen LogP contribution in [0.1, 0.15) is 75.5 Å². The van der Waals surface area contributed by atoms with E-state index in [9.17, 15) is 0 Å². The van der Waals surface area contributed by atoms with Gasteiger partial charge in [-0.05, 0) is 46.8 Å². The number of benzene rings is 1. The monoisotopic (exact) mass is 271 g/mol. The van der Waals surface area contributed by atoms with Gasteiger partial charge in [0, 0.05) is 13.1 Å². The predicted molar refractivity (Wildman–Crippen MR) is 86.2 cm³/mol. The summed E-state index contributed by atoms with van der Waals surface area (Å²) >= 11 is 0. The summed E-state index contributed by atoms with van der Waals surface area (Å²) in [7, 11) is 0. The molecule has 20 heavy (non-hydrogen) atoms. The first kappa shape index (κ1) is 14.1. The summed E-state index contributed by atoms with van der Waals surface area (Å²) in [6.07, 6.45) is 7.21. The number of hydrogen-bond acceptors (Lipinski definition) is 1. The Balaban J connectivity index is 1.89. The molecule has 1 heterocycles. The third-order valence-electron chi connectivity index (χ3n) is 5.31. The Hall–Kier alpha value is -0.820. The molecule has 0 aromatic heterocycles. The molecular weight excluding hydrogens is 242 g/mol. The highest BCUT2D eigenvalue weighted by Gasteiger charge is 2.29. The van der Waals surface area contributed by atoms with Crippen LogP contribution in [0.4, 0.5) is 0 Å². The van der Waals surface area contributed by atoms with E-state index in [1.165, 1.54) is 44.2 Å². The van der Waals surface area contributed by atoms with Crippen molar-refractivity contribution in [1.82, 2.24) is 5.32 Å². The van der Waals surface area contributed by atoms with E-state index in [-0.39, 0.29) is 5.41 Å². The molecule has 0 bridgehead atoms. The lowest BCUT2D eigenvalue weighted by atomic mass is 9.73. The van der Waals surface area contributed by atoms with Gasteiger partial charge < -0.3 is 5.32 Å².